The minimum absolute atomic E-state index is 0.189. The van der Waals surface area contributed by atoms with Crippen molar-refractivity contribution in [1.29, 1.82) is 0 Å². The number of aromatic nitrogens is 3. The van der Waals surface area contributed by atoms with Crippen LogP contribution in [0.1, 0.15) is 65.5 Å². The number of hydrogen-bond acceptors (Lipinski definition) is 8. The first kappa shape index (κ1) is 24.3. The van der Waals surface area contributed by atoms with E-state index in [4.69, 9.17) is 10.5 Å². The molecule has 2 aromatic heterocycles. The highest BCUT2D eigenvalue weighted by molar-refractivity contribution is 7.98. The lowest BCUT2D eigenvalue weighted by atomic mass is 9.95. The molecule has 1 aliphatic carbocycles. The van der Waals surface area contributed by atoms with Gasteiger partial charge in [-0.3, -0.25) is 9.36 Å². The van der Waals surface area contributed by atoms with E-state index >= 15 is 0 Å². The number of nitrogens with zero attached hydrogens (tertiary/aromatic N) is 3. The lowest BCUT2D eigenvalue weighted by Crippen LogP contribution is -2.27. The van der Waals surface area contributed by atoms with Gasteiger partial charge in [0, 0.05) is 10.6 Å². The summed E-state index contributed by atoms with van der Waals surface area (Å²) in [5.41, 5.74) is 8.79. The van der Waals surface area contributed by atoms with Gasteiger partial charge < -0.3 is 15.8 Å². The van der Waals surface area contributed by atoms with Crippen molar-refractivity contribution in [3.05, 3.63) is 51.9 Å². The summed E-state index contributed by atoms with van der Waals surface area (Å²) in [7, 11) is 0. The Hall–Kier alpha value is -2.85. The third kappa shape index (κ3) is 5.12. The van der Waals surface area contributed by atoms with Gasteiger partial charge in [0.2, 0.25) is 11.9 Å². The number of nitrogens with two attached hydrogens (primary N) is 1. The molecule has 4 rings (SSSR count). The summed E-state index contributed by atoms with van der Waals surface area (Å²) in [5, 5.41) is 12.4. The average molecular weight is 500 g/mol. The molecule has 1 aliphatic rings. The normalized spacial score (nSPS) is 13.8. The van der Waals surface area contributed by atoms with Gasteiger partial charge >= 0.3 is 5.97 Å². The predicted octanol–water partition coefficient (Wildman–Crippen LogP) is 4.86. The van der Waals surface area contributed by atoms with Crippen molar-refractivity contribution in [2.24, 2.45) is 0 Å². The van der Waals surface area contributed by atoms with Crippen LogP contribution in [-0.2, 0) is 28.1 Å². The fraction of sp³-hybridized carbons (Fsp3) is 0.417. The van der Waals surface area contributed by atoms with Crippen molar-refractivity contribution in [1.82, 2.24) is 14.8 Å². The summed E-state index contributed by atoms with van der Waals surface area (Å²) in [6.45, 7) is 3.99. The quantitative estimate of drug-likeness (QED) is 0.319. The summed E-state index contributed by atoms with van der Waals surface area (Å²) < 4.78 is 6.99. The second kappa shape index (κ2) is 11.1. The molecule has 0 radical (unpaired) electrons. The molecule has 180 valence electrons. The van der Waals surface area contributed by atoms with E-state index in [1.807, 2.05) is 37.3 Å². The van der Waals surface area contributed by atoms with Gasteiger partial charge in [0.15, 0.2) is 5.16 Å². The number of fused-ring (bicyclic) bond motifs is 1. The standard InChI is InChI=1S/C24H29N5O3S2/c1-3-17(29-23(25)27-28-24(29)33-14-15-10-6-5-7-11-15)20(30)26-21-19(22(31)32-4-2)16-12-8-9-13-18(16)34-21/h5-7,10-11,17H,3-4,8-9,12-14H2,1-2H3,(H2,25,27)(H,26,30). The number of nitrogens with one attached hydrogen (secondary N) is 1. The van der Waals surface area contributed by atoms with Gasteiger partial charge in [-0.15, -0.1) is 21.5 Å². The number of carbonyl (C=O) groups is 2. The smallest absolute Gasteiger partial charge is 0.341 e. The number of ether oxygens (including phenoxy) is 1. The number of benzene rings is 1. The molecule has 0 bridgehead atoms. The summed E-state index contributed by atoms with van der Waals surface area (Å²) in [4.78, 5) is 27.4. The fourth-order valence-electron chi connectivity index (χ4n) is 4.16. The van der Waals surface area contributed by atoms with Crippen molar-refractivity contribution < 1.29 is 14.3 Å². The van der Waals surface area contributed by atoms with Crippen molar-refractivity contribution >= 4 is 45.9 Å². The van der Waals surface area contributed by atoms with E-state index in [2.05, 4.69) is 15.5 Å². The second-order valence-corrected chi connectivity index (χ2v) is 10.1. The number of carbonyl (C=O) groups excluding carboxylic acids is 2. The second-order valence-electron chi connectivity index (χ2n) is 8.03. The Morgan fingerprint density at radius 1 is 1.21 bits per heavy atom. The maximum absolute atomic E-state index is 13.5. The molecule has 1 atom stereocenters. The number of rotatable bonds is 9. The van der Waals surface area contributed by atoms with Crippen molar-refractivity contribution in [3.8, 4) is 0 Å². The van der Waals surface area contributed by atoms with Gasteiger partial charge in [0.05, 0.1) is 12.2 Å². The van der Waals surface area contributed by atoms with Crippen LogP contribution in [-0.4, -0.2) is 33.2 Å². The maximum atomic E-state index is 13.5. The van der Waals surface area contributed by atoms with Gasteiger partial charge in [-0.2, -0.15) is 0 Å². The van der Waals surface area contributed by atoms with Crippen LogP contribution >= 0.6 is 23.1 Å². The van der Waals surface area contributed by atoms with Gasteiger partial charge in [0.1, 0.15) is 11.0 Å². The molecular weight excluding hydrogens is 470 g/mol. The van der Waals surface area contributed by atoms with E-state index < -0.39 is 6.04 Å². The third-order valence-corrected chi connectivity index (χ3v) is 8.01. The molecule has 2 heterocycles. The van der Waals surface area contributed by atoms with Crippen LogP contribution in [0.3, 0.4) is 0 Å². The van der Waals surface area contributed by atoms with E-state index in [0.29, 0.717) is 27.9 Å². The minimum Gasteiger partial charge on any atom is -0.462 e. The Kier molecular flexibility index (Phi) is 7.89. The first-order valence-electron chi connectivity index (χ1n) is 11.5. The first-order valence-corrected chi connectivity index (χ1v) is 13.3. The molecule has 1 unspecified atom stereocenters. The summed E-state index contributed by atoms with van der Waals surface area (Å²) >= 11 is 2.96. The lowest BCUT2D eigenvalue weighted by molar-refractivity contribution is -0.119. The van der Waals surface area contributed by atoms with Crippen molar-refractivity contribution in [2.45, 2.75) is 62.9 Å². The summed E-state index contributed by atoms with van der Waals surface area (Å²) in [5.74, 6) is 0.239. The maximum Gasteiger partial charge on any atom is 0.341 e. The Morgan fingerprint density at radius 2 is 1.97 bits per heavy atom. The average Bonchev–Trinajstić information content (AvgIpc) is 3.39. The Morgan fingerprint density at radius 3 is 2.71 bits per heavy atom. The number of nitrogen functional groups attached to an aromatic ring is 1. The highest BCUT2D eigenvalue weighted by Gasteiger charge is 2.30. The van der Waals surface area contributed by atoms with Crippen molar-refractivity contribution in [3.63, 3.8) is 0 Å². The highest BCUT2D eigenvalue weighted by Crippen LogP contribution is 2.39. The van der Waals surface area contributed by atoms with Gasteiger partial charge in [0.25, 0.3) is 0 Å². The SMILES string of the molecule is CCOC(=O)c1c(NC(=O)C(CC)n2c(N)nnc2SCc2ccccc2)sc2c1CCCC2. The lowest BCUT2D eigenvalue weighted by Gasteiger charge is -2.19. The summed E-state index contributed by atoms with van der Waals surface area (Å²) in [6, 6.07) is 9.41. The van der Waals surface area contributed by atoms with E-state index in [0.717, 1.165) is 41.7 Å². The minimum atomic E-state index is -0.609. The summed E-state index contributed by atoms with van der Waals surface area (Å²) in [6.07, 6.45) is 4.34. The molecule has 34 heavy (non-hydrogen) atoms. The van der Waals surface area contributed by atoms with Crippen LogP contribution in [0.5, 0.6) is 0 Å². The number of amides is 1. The predicted molar refractivity (Wildman–Crippen MR) is 135 cm³/mol. The van der Waals surface area contributed by atoms with E-state index in [-0.39, 0.29) is 24.4 Å². The molecule has 10 heteroatoms. The van der Waals surface area contributed by atoms with Gasteiger partial charge in [-0.05, 0) is 50.2 Å². The molecule has 0 saturated carbocycles. The third-order valence-electron chi connectivity index (χ3n) is 5.79. The Labute approximate surface area is 207 Å². The van der Waals surface area contributed by atoms with Crippen LogP contribution in [0.25, 0.3) is 0 Å². The number of esters is 1. The van der Waals surface area contributed by atoms with E-state index in [1.54, 1.807) is 11.5 Å². The van der Waals surface area contributed by atoms with Crippen LogP contribution in [0.4, 0.5) is 10.9 Å². The number of anilines is 2. The van der Waals surface area contributed by atoms with E-state index in [1.165, 1.54) is 23.1 Å². The molecule has 0 saturated heterocycles. The molecule has 3 aromatic rings. The van der Waals surface area contributed by atoms with Crippen LogP contribution in [0.15, 0.2) is 35.5 Å². The topological polar surface area (TPSA) is 112 Å². The van der Waals surface area contributed by atoms with Gasteiger partial charge in [-0.25, -0.2) is 4.79 Å². The highest BCUT2D eigenvalue weighted by atomic mass is 32.2. The molecule has 1 aromatic carbocycles. The fourth-order valence-corrected chi connectivity index (χ4v) is 6.38. The van der Waals surface area contributed by atoms with Crippen molar-refractivity contribution in [2.75, 3.05) is 17.7 Å². The van der Waals surface area contributed by atoms with Crippen LogP contribution in [0.2, 0.25) is 0 Å². The largest absolute Gasteiger partial charge is 0.462 e. The molecule has 1 amide bonds. The molecule has 3 N–H and O–H groups in total. The molecule has 0 spiro atoms. The molecule has 0 aliphatic heterocycles. The Balaban J connectivity index is 1.58. The zero-order valence-corrected chi connectivity index (χ0v) is 21.0. The molecule has 0 fully saturated rings. The van der Waals surface area contributed by atoms with Crippen LogP contribution < -0.4 is 11.1 Å². The monoisotopic (exact) mass is 499 g/mol. The zero-order valence-electron chi connectivity index (χ0n) is 19.4. The van der Waals surface area contributed by atoms with E-state index in [9.17, 15) is 9.59 Å². The molecular formula is C24H29N5O3S2. The van der Waals surface area contributed by atoms with Crippen LogP contribution in [0, 0.1) is 0 Å². The number of thiophene rings is 1. The Bertz CT molecular complexity index is 1160. The van der Waals surface area contributed by atoms with Gasteiger partial charge in [-0.1, -0.05) is 49.0 Å². The number of aryl methyl sites for hydroxylation is 1. The zero-order chi connectivity index (χ0) is 24.1. The number of hydrogen-bond donors (Lipinski definition) is 2. The molecule has 8 nitrogen and oxygen atoms in total. The number of thioether (sulfide) groups is 1. The first-order chi connectivity index (χ1) is 16.5.